The number of unbranched alkanes of at least 4 members (excludes halogenated alkanes) is 6. The molecule has 108 valence electrons. The van der Waals surface area contributed by atoms with E-state index in [1.165, 1.54) is 56.9 Å². The van der Waals surface area contributed by atoms with E-state index < -0.39 is 0 Å². The van der Waals surface area contributed by atoms with Crippen LogP contribution < -0.4 is 4.74 Å². The van der Waals surface area contributed by atoms with Gasteiger partial charge in [-0.15, -0.1) is 0 Å². The molecule has 1 nitrogen and oxygen atoms in total. The van der Waals surface area contributed by atoms with Crippen LogP contribution in [0.4, 0.5) is 0 Å². The molecule has 1 unspecified atom stereocenters. The molecule has 0 radical (unpaired) electrons. The Morgan fingerprint density at radius 1 is 0.947 bits per heavy atom. The molecule has 19 heavy (non-hydrogen) atoms. The third-order valence-electron chi connectivity index (χ3n) is 3.54. The Hall–Kier alpha value is -0.500. The predicted molar refractivity (Wildman–Crippen MR) is 87.3 cm³/mol. The van der Waals surface area contributed by atoms with Gasteiger partial charge >= 0.3 is 0 Å². The van der Waals surface area contributed by atoms with Crippen LogP contribution in [0.2, 0.25) is 0 Å². The van der Waals surface area contributed by atoms with Crippen molar-refractivity contribution in [3.63, 3.8) is 0 Å². The quantitative estimate of drug-likeness (QED) is 0.363. The summed E-state index contributed by atoms with van der Waals surface area (Å²) in [6.07, 6.45) is 10.8. The van der Waals surface area contributed by atoms with Crippen LogP contribution in [-0.2, 0) is 0 Å². The largest absolute Gasteiger partial charge is 0.497 e. The fourth-order valence-corrected chi connectivity index (χ4v) is 2.89. The molecule has 1 rings (SSSR count). The van der Waals surface area contributed by atoms with Crippen LogP contribution in [0.15, 0.2) is 24.3 Å². The lowest BCUT2D eigenvalue weighted by Crippen LogP contribution is -1.91. The molecular weight excluding hydrogens is 300 g/mol. The van der Waals surface area contributed by atoms with Gasteiger partial charge in [0.1, 0.15) is 5.75 Å². The second kappa shape index (κ2) is 10.3. The number of rotatable bonds is 10. The van der Waals surface area contributed by atoms with Crippen molar-refractivity contribution in [2.75, 3.05) is 7.11 Å². The zero-order valence-corrected chi connectivity index (χ0v) is 13.9. The van der Waals surface area contributed by atoms with Crippen molar-refractivity contribution in [1.82, 2.24) is 0 Å². The normalized spacial score (nSPS) is 12.4. The predicted octanol–water partition coefficient (Wildman–Crippen LogP) is 6.27. The van der Waals surface area contributed by atoms with E-state index in [-0.39, 0.29) is 0 Å². The molecule has 1 aromatic rings. The maximum atomic E-state index is 5.18. The van der Waals surface area contributed by atoms with E-state index in [0.717, 1.165) is 5.75 Å². The standard InChI is InChI=1S/C17H27BrO/c1-3-4-5-6-7-8-9-10-17(18)15-11-13-16(19-2)14-12-15/h11-14,17H,3-10H2,1-2H3. The summed E-state index contributed by atoms with van der Waals surface area (Å²) in [4.78, 5) is 0.481. The molecule has 0 heterocycles. The lowest BCUT2D eigenvalue weighted by Gasteiger charge is -2.10. The molecule has 0 saturated heterocycles. The number of methoxy groups -OCH3 is 1. The highest BCUT2D eigenvalue weighted by molar-refractivity contribution is 9.09. The highest BCUT2D eigenvalue weighted by Crippen LogP contribution is 2.29. The summed E-state index contributed by atoms with van der Waals surface area (Å²) in [5.41, 5.74) is 1.35. The van der Waals surface area contributed by atoms with E-state index >= 15 is 0 Å². The number of ether oxygens (including phenoxy) is 1. The highest BCUT2D eigenvalue weighted by atomic mass is 79.9. The van der Waals surface area contributed by atoms with Crippen LogP contribution in [0.5, 0.6) is 5.75 Å². The fourth-order valence-electron chi connectivity index (χ4n) is 2.26. The maximum absolute atomic E-state index is 5.18. The fraction of sp³-hybridized carbons (Fsp3) is 0.647. The minimum Gasteiger partial charge on any atom is -0.497 e. The summed E-state index contributed by atoms with van der Waals surface area (Å²) < 4.78 is 5.18. The molecule has 0 fully saturated rings. The first-order chi connectivity index (χ1) is 9.27. The van der Waals surface area contributed by atoms with Gasteiger partial charge in [0.15, 0.2) is 0 Å². The molecular formula is C17H27BrO. The van der Waals surface area contributed by atoms with Crippen molar-refractivity contribution in [3.05, 3.63) is 29.8 Å². The zero-order chi connectivity index (χ0) is 13.9. The first kappa shape index (κ1) is 16.6. The van der Waals surface area contributed by atoms with Crippen LogP contribution in [0.1, 0.15) is 68.7 Å². The van der Waals surface area contributed by atoms with E-state index in [1.54, 1.807) is 7.11 Å². The van der Waals surface area contributed by atoms with Crippen LogP contribution in [0, 0.1) is 0 Å². The van der Waals surface area contributed by atoms with Crippen LogP contribution in [-0.4, -0.2) is 7.11 Å². The molecule has 0 aliphatic rings. The first-order valence-electron chi connectivity index (χ1n) is 7.56. The Labute approximate surface area is 126 Å². The average molecular weight is 327 g/mol. The molecule has 0 aliphatic carbocycles. The van der Waals surface area contributed by atoms with Gasteiger partial charge in [0.2, 0.25) is 0 Å². The second-order valence-corrected chi connectivity index (χ2v) is 6.26. The van der Waals surface area contributed by atoms with Gasteiger partial charge in [-0.05, 0) is 24.1 Å². The molecule has 0 aliphatic heterocycles. The molecule has 0 N–H and O–H groups in total. The minimum atomic E-state index is 0.481. The molecule has 2 heteroatoms. The Bertz CT molecular complexity index is 321. The van der Waals surface area contributed by atoms with Gasteiger partial charge in [0.25, 0.3) is 0 Å². The SMILES string of the molecule is CCCCCCCCCC(Br)c1ccc(OC)cc1. The molecule has 0 aromatic heterocycles. The molecule has 0 amide bonds. The topological polar surface area (TPSA) is 9.23 Å². The number of hydrogen-bond acceptors (Lipinski definition) is 1. The van der Waals surface area contributed by atoms with Gasteiger partial charge in [-0.2, -0.15) is 0 Å². The number of alkyl halides is 1. The van der Waals surface area contributed by atoms with Gasteiger partial charge in [0, 0.05) is 4.83 Å². The van der Waals surface area contributed by atoms with Crippen molar-refractivity contribution in [2.24, 2.45) is 0 Å². The maximum Gasteiger partial charge on any atom is 0.118 e. The third-order valence-corrected chi connectivity index (χ3v) is 4.53. The van der Waals surface area contributed by atoms with Crippen molar-refractivity contribution in [1.29, 1.82) is 0 Å². The Balaban J connectivity index is 2.14. The van der Waals surface area contributed by atoms with E-state index in [1.807, 2.05) is 12.1 Å². The van der Waals surface area contributed by atoms with Crippen molar-refractivity contribution in [3.8, 4) is 5.75 Å². The van der Waals surface area contributed by atoms with Crippen molar-refractivity contribution < 1.29 is 4.74 Å². The summed E-state index contributed by atoms with van der Waals surface area (Å²) in [6, 6.07) is 8.38. The van der Waals surface area contributed by atoms with E-state index in [9.17, 15) is 0 Å². The van der Waals surface area contributed by atoms with Gasteiger partial charge in [0.05, 0.1) is 7.11 Å². The van der Waals surface area contributed by atoms with Crippen LogP contribution >= 0.6 is 15.9 Å². The minimum absolute atomic E-state index is 0.481. The van der Waals surface area contributed by atoms with E-state index in [2.05, 4.69) is 35.0 Å². The van der Waals surface area contributed by atoms with E-state index in [4.69, 9.17) is 4.74 Å². The molecule has 1 aromatic carbocycles. The monoisotopic (exact) mass is 326 g/mol. The van der Waals surface area contributed by atoms with Gasteiger partial charge in [-0.1, -0.05) is 79.9 Å². The van der Waals surface area contributed by atoms with Gasteiger partial charge < -0.3 is 4.74 Å². The van der Waals surface area contributed by atoms with Crippen LogP contribution in [0.25, 0.3) is 0 Å². The summed E-state index contributed by atoms with van der Waals surface area (Å²) in [7, 11) is 1.71. The first-order valence-corrected chi connectivity index (χ1v) is 8.47. The van der Waals surface area contributed by atoms with Gasteiger partial charge in [-0.3, -0.25) is 0 Å². The molecule has 0 saturated carbocycles. The lowest BCUT2D eigenvalue weighted by atomic mass is 10.0. The Kier molecular flexibility index (Phi) is 8.98. The summed E-state index contributed by atoms with van der Waals surface area (Å²) in [6.45, 7) is 2.27. The number of hydrogen-bond donors (Lipinski definition) is 0. The molecule has 1 atom stereocenters. The Morgan fingerprint density at radius 3 is 2.11 bits per heavy atom. The highest BCUT2D eigenvalue weighted by Gasteiger charge is 2.06. The lowest BCUT2D eigenvalue weighted by molar-refractivity contribution is 0.414. The van der Waals surface area contributed by atoms with Crippen LogP contribution in [0.3, 0.4) is 0 Å². The summed E-state index contributed by atoms with van der Waals surface area (Å²) >= 11 is 3.79. The zero-order valence-electron chi connectivity index (χ0n) is 12.3. The number of benzene rings is 1. The average Bonchev–Trinajstić information content (AvgIpc) is 2.46. The van der Waals surface area contributed by atoms with E-state index in [0.29, 0.717) is 4.83 Å². The Morgan fingerprint density at radius 2 is 1.53 bits per heavy atom. The second-order valence-electron chi connectivity index (χ2n) is 5.15. The number of halogens is 1. The summed E-state index contributed by atoms with van der Waals surface area (Å²) in [5.74, 6) is 0.930. The smallest absolute Gasteiger partial charge is 0.118 e. The summed E-state index contributed by atoms with van der Waals surface area (Å²) in [5, 5.41) is 0. The third kappa shape index (κ3) is 7.00. The molecule has 0 bridgehead atoms. The van der Waals surface area contributed by atoms with Crippen molar-refractivity contribution >= 4 is 15.9 Å². The molecule has 0 spiro atoms. The van der Waals surface area contributed by atoms with Crippen molar-refractivity contribution in [2.45, 2.75) is 63.1 Å². The van der Waals surface area contributed by atoms with Gasteiger partial charge in [-0.25, -0.2) is 0 Å².